The zero-order valence-corrected chi connectivity index (χ0v) is 17.0. The number of methoxy groups -OCH3 is 2. The summed E-state index contributed by atoms with van der Waals surface area (Å²) in [6, 6.07) is 12.8. The molecule has 0 aromatic heterocycles. The molecule has 27 heavy (non-hydrogen) atoms. The predicted molar refractivity (Wildman–Crippen MR) is 107 cm³/mol. The van der Waals surface area contributed by atoms with Crippen molar-refractivity contribution < 1.29 is 19.1 Å². The molecule has 2 aromatic rings. The molecule has 2 rings (SSSR count). The Balaban J connectivity index is 1.71. The number of nitrogens with one attached hydrogen (secondary N) is 2. The number of carbonyl (C=O) groups is 2. The quantitative estimate of drug-likeness (QED) is 0.594. The highest BCUT2D eigenvalue weighted by atomic mass is 79.9. The molecule has 2 amide bonds. The van der Waals surface area contributed by atoms with Crippen LogP contribution in [0, 0.1) is 0 Å². The maximum Gasteiger partial charge on any atom is 0.251 e. The van der Waals surface area contributed by atoms with Gasteiger partial charge in [-0.25, -0.2) is 0 Å². The molecular weight excluding hydrogens is 412 g/mol. The van der Waals surface area contributed by atoms with E-state index in [1.54, 1.807) is 18.2 Å². The zero-order chi connectivity index (χ0) is 19.6. The third-order valence-electron chi connectivity index (χ3n) is 3.91. The van der Waals surface area contributed by atoms with Crippen LogP contribution in [0.4, 0.5) is 0 Å². The molecule has 0 spiro atoms. The van der Waals surface area contributed by atoms with Gasteiger partial charge in [0.2, 0.25) is 5.91 Å². The average molecular weight is 435 g/mol. The molecule has 0 aliphatic rings. The maximum absolute atomic E-state index is 12.2. The highest BCUT2D eigenvalue weighted by Gasteiger charge is 2.10. The van der Waals surface area contributed by atoms with Crippen LogP contribution in [-0.4, -0.2) is 39.1 Å². The second-order valence-corrected chi connectivity index (χ2v) is 6.72. The summed E-state index contributed by atoms with van der Waals surface area (Å²) in [6.45, 7) is 0.714. The van der Waals surface area contributed by atoms with Crippen LogP contribution < -0.4 is 20.1 Å². The molecule has 2 N–H and O–H groups in total. The molecule has 7 heteroatoms. The molecule has 2 aromatic carbocycles. The number of hydrogen-bond acceptors (Lipinski definition) is 4. The molecule has 0 heterocycles. The monoisotopic (exact) mass is 434 g/mol. The number of carbonyl (C=O) groups excluding carboxylic acids is 2. The molecule has 0 aliphatic carbocycles. The van der Waals surface area contributed by atoms with Crippen molar-refractivity contribution >= 4 is 27.7 Å². The summed E-state index contributed by atoms with van der Waals surface area (Å²) >= 11 is 3.41. The Kier molecular flexibility index (Phi) is 8.13. The zero-order valence-electron chi connectivity index (χ0n) is 15.4. The number of halogens is 1. The van der Waals surface area contributed by atoms with Gasteiger partial charge in [0.05, 0.1) is 14.2 Å². The fourth-order valence-corrected chi connectivity index (χ4v) is 2.94. The number of aryl methyl sites for hydroxylation is 1. The van der Waals surface area contributed by atoms with Crippen molar-refractivity contribution in [3.05, 3.63) is 58.1 Å². The van der Waals surface area contributed by atoms with Gasteiger partial charge in [0.15, 0.2) is 11.5 Å². The second-order valence-electron chi connectivity index (χ2n) is 5.81. The van der Waals surface area contributed by atoms with Crippen LogP contribution in [0.25, 0.3) is 0 Å². The van der Waals surface area contributed by atoms with Crippen molar-refractivity contribution in [1.29, 1.82) is 0 Å². The summed E-state index contributed by atoms with van der Waals surface area (Å²) in [5.41, 5.74) is 1.56. The van der Waals surface area contributed by atoms with E-state index < -0.39 is 0 Å². The minimum absolute atomic E-state index is 0.0460. The Hall–Kier alpha value is -2.54. The summed E-state index contributed by atoms with van der Waals surface area (Å²) in [5, 5.41) is 5.57. The lowest BCUT2D eigenvalue weighted by Crippen LogP contribution is -2.34. The van der Waals surface area contributed by atoms with Crippen LogP contribution in [0.1, 0.15) is 22.3 Å². The smallest absolute Gasteiger partial charge is 0.251 e. The van der Waals surface area contributed by atoms with Crippen molar-refractivity contribution in [3.8, 4) is 11.5 Å². The fourth-order valence-electron chi connectivity index (χ4n) is 2.50. The standard InChI is InChI=1S/C20H23BrN2O4/c1-26-17-8-7-15(13-18(17)27-2)20(25)23-11-10-22-19(24)9-6-14-4-3-5-16(21)12-14/h3-5,7-8,12-13H,6,9-11H2,1-2H3,(H,22,24)(H,23,25). The van der Waals surface area contributed by atoms with E-state index in [1.807, 2.05) is 24.3 Å². The summed E-state index contributed by atoms with van der Waals surface area (Å²) in [7, 11) is 3.06. The number of ether oxygens (including phenoxy) is 2. The average Bonchev–Trinajstić information content (AvgIpc) is 2.69. The number of benzene rings is 2. The van der Waals surface area contributed by atoms with E-state index in [0.29, 0.717) is 43.0 Å². The van der Waals surface area contributed by atoms with Gasteiger partial charge < -0.3 is 20.1 Å². The molecule has 0 unspecified atom stereocenters. The number of amides is 2. The number of rotatable bonds is 9. The largest absolute Gasteiger partial charge is 0.493 e. The van der Waals surface area contributed by atoms with Crippen LogP contribution >= 0.6 is 15.9 Å². The van der Waals surface area contributed by atoms with Crippen LogP contribution in [0.15, 0.2) is 46.9 Å². The first-order chi connectivity index (χ1) is 13.0. The Morgan fingerprint density at radius 2 is 1.70 bits per heavy atom. The molecule has 0 saturated carbocycles. The number of hydrogen-bond donors (Lipinski definition) is 2. The Morgan fingerprint density at radius 1 is 0.963 bits per heavy atom. The van der Waals surface area contributed by atoms with Gasteiger partial charge in [-0.05, 0) is 42.3 Å². The van der Waals surface area contributed by atoms with E-state index in [9.17, 15) is 9.59 Å². The molecule has 0 bridgehead atoms. The lowest BCUT2D eigenvalue weighted by molar-refractivity contribution is -0.121. The summed E-state index contributed by atoms with van der Waals surface area (Å²) in [4.78, 5) is 24.1. The summed E-state index contributed by atoms with van der Waals surface area (Å²) in [5.74, 6) is 0.771. The van der Waals surface area contributed by atoms with E-state index in [4.69, 9.17) is 9.47 Å². The van der Waals surface area contributed by atoms with Gasteiger partial charge in [0.1, 0.15) is 0 Å². The molecule has 0 saturated heterocycles. The van der Waals surface area contributed by atoms with Crippen molar-refractivity contribution in [3.63, 3.8) is 0 Å². The minimum Gasteiger partial charge on any atom is -0.493 e. The fraction of sp³-hybridized carbons (Fsp3) is 0.300. The van der Waals surface area contributed by atoms with E-state index in [0.717, 1.165) is 10.0 Å². The molecule has 0 aliphatic heterocycles. The summed E-state index contributed by atoms with van der Waals surface area (Å²) in [6.07, 6.45) is 1.07. The SMILES string of the molecule is COc1ccc(C(=O)NCCNC(=O)CCc2cccc(Br)c2)cc1OC. The maximum atomic E-state index is 12.2. The van der Waals surface area contributed by atoms with Gasteiger partial charge in [-0.15, -0.1) is 0 Å². The normalized spacial score (nSPS) is 10.2. The van der Waals surface area contributed by atoms with Crippen molar-refractivity contribution in [1.82, 2.24) is 10.6 Å². The van der Waals surface area contributed by atoms with Gasteiger partial charge in [0.25, 0.3) is 5.91 Å². The topological polar surface area (TPSA) is 76.7 Å². The first-order valence-electron chi connectivity index (χ1n) is 8.55. The Labute approximate surface area is 167 Å². The third kappa shape index (κ3) is 6.60. The lowest BCUT2D eigenvalue weighted by atomic mass is 10.1. The first kappa shape index (κ1) is 20.8. The van der Waals surface area contributed by atoms with Crippen LogP contribution in [-0.2, 0) is 11.2 Å². The van der Waals surface area contributed by atoms with Crippen LogP contribution in [0.5, 0.6) is 11.5 Å². The predicted octanol–water partition coefficient (Wildman–Crippen LogP) is 2.95. The van der Waals surface area contributed by atoms with Crippen molar-refractivity contribution in [2.24, 2.45) is 0 Å². The Bertz CT molecular complexity index is 795. The molecule has 0 atom stereocenters. The van der Waals surface area contributed by atoms with Gasteiger partial charge >= 0.3 is 0 Å². The van der Waals surface area contributed by atoms with Crippen molar-refractivity contribution in [2.75, 3.05) is 27.3 Å². The van der Waals surface area contributed by atoms with Gasteiger partial charge in [0, 0.05) is 29.5 Å². The van der Waals surface area contributed by atoms with Gasteiger partial charge in [-0.1, -0.05) is 28.1 Å². The molecule has 6 nitrogen and oxygen atoms in total. The molecule has 0 fully saturated rings. The van der Waals surface area contributed by atoms with Gasteiger partial charge in [-0.2, -0.15) is 0 Å². The van der Waals surface area contributed by atoms with Gasteiger partial charge in [-0.3, -0.25) is 9.59 Å². The minimum atomic E-state index is -0.237. The van der Waals surface area contributed by atoms with Crippen LogP contribution in [0.3, 0.4) is 0 Å². The van der Waals surface area contributed by atoms with E-state index >= 15 is 0 Å². The van der Waals surface area contributed by atoms with Crippen molar-refractivity contribution in [2.45, 2.75) is 12.8 Å². The van der Waals surface area contributed by atoms with E-state index in [1.165, 1.54) is 14.2 Å². The second kappa shape index (κ2) is 10.6. The Morgan fingerprint density at radius 3 is 2.41 bits per heavy atom. The molecule has 0 radical (unpaired) electrons. The highest BCUT2D eigenvalue weighted by molar-refractivity contribution is 9.10. The van der Waals surface area contributed by atoms with E-state index in [2.05, 4.69) is 26.6 Å². The summed E-state index contributed by atoms with van der Waals surface area (Å²) < 4.78 is 11.3. The highest BCUT2D eigenvalue weighted by Crippen LogP contribution is 2.27. The lowest BCUT2D eigenvalue weighted by Gasteiger charge is -2.10. The molecule has 144 valence electrons. The third-order valence-corrected chi connectivity index (χ3v) is 4.40. The van der Waals surface area contributed by atoms with Crippen LogP contribution in [0.2, 0.25) is 0 Å². The molecular formula is C20H23BrN2O4. The van der Waals surface area contributed by atoms with E-state index in [-0.39, 0.29) is 11.8 Å². The first-order valence-corrected chi connectivity index (χ1v) is 9.34.